The molecule has 0 radical (unpaired) electrons. The summed E-state index contributed by atoms with van der Waals surface area (Å²) in [6.07, 6.45) is -1.70. The molecular weight excluding hydrogens is 369 g/mol. The Kier molecular flexibility index (Phi) is 8.60. The number of halogens is 3. The molecular formula is C17H21F3N2O5. The molecule has 0 saturated heterocycles. The van der Waals surface area contributed by atoms with E-state index in [1.54, 1.807) is 18.2 Å². The predicted molar refractivity (Wildman–Crippen MR) is 91.2 cm³/mol. The first-order chi connectivity index (χ1) is 12.6. The van der Waals surface area contributed by atoms with Crippen LogP contribution in [0, 0.1) is 0 Å². The first-order valence-electron chi connectivity index (χ1n) is 7.83. The van der Waals surface area contributed by atoms with Crippen molar-refractivity contribution < 1.29 is 37.0 Å². The van der Waals surface area contributed by atoms with Crippen molar-refractivity contribution in [2.24, 2.45) is 5.73 Å². The minimum absolute atomic E-state index is 0.265. The Balaban J connectivity index is 2.57. The molecule has 0 aliphatic heterocycles. The van der Waals surface area contributed by atoms with Crippen LogP contribution in [0.4, 0.5) is 13.2 Å². The normalized spacial score (nSPS) is 12.6. The highest BCUT2D eigenvalue weighted by Gasteiger charge is 2.27. The zero-order chi connectivity index (χ0) is 20.4. The molecule has 150 valence electrons. The molecule has 1 aromatic carbocycles. The van der Waals surface area contributed by atoms with Crippen LogP contribution in [-0.2, 0) is 14.3 Å². The Morgan fingerprint density at radius 3 is 2.59 bits per heavy atom. The number of nitrogens with two attached hydrogens (primary N) is 1. The third-order valence-electron chi connectivity index (χ3n) is 3.01. The van der Waals surface area contributed by atoms with E-state index in [0.717, 1.165) is 0 Å². The lowest BCUT2D eigenvalue weighted by Gasteiger charge is -2.14. The van der Waals surface area contributed by atoms with E-state index < -0.39 is 30.6 Å². The molecule has 10 heteroatoms. The van der Waals surface area contributed by atoms with Crippen LogP contribution in [0.5, 0.6) is 11.5 Å². The van der Waals surface area contributed by atoms with Crippen molar-refractivity contribution >= 4 is 17.9 Å². The van der Waals surface area contributed by atoms with E-state index in [0.29, 0.717) is 17.1 Å². The van der Waals surface area contributed by atoms with Crippen LogP contribution in [-0.4, -0.2) is 51.0 Å². The van der Waals surface area contributed by atoms with E-state index in [9.17, 15) is 22.8 Å². The van der Waals surface area contributed by atoms with Crippen LogP contribution in [0.1, 0.15) is 12.5 Å². The quantitative estimate of drug-likeness (QED) is 0.592. The number of benzene rings is 1. The number of rotatable bonds is 10. The highest BCUT2D eigenvalue weighted by molar-refractivity contribution is 5.92. The lowest BCUT2D eigenvalue weighted by atomic mass is 10.2. The number of alkyl halides is 3. The van der Waals surface area contributed by atoms with E-state index >= 15 is 0 Å². The highest BCUT2D eigenvalue weighted by atomic mass is 19.4. The Labute approximate surface area is 154 Å². The molecule has 1 rings (SSSR count). The number of carbonyl (C=O) groups is 2. The predicted octanol–water partition coefficient (Wildman–Crippen LogP) is 1.66. The van der Waals surface area contributed by atoms with Gasteiger partial charge in [0.2, 0.25) is 5.91 Å². The maximum absolute atomic E-state index is 12.0. The lowest BCUT2D eigenvalue weighted by molar-refractivity contribution is -0.175. The van der Waals surface area contributed by atoms with Crippen LogP contribution in [0.25, 0.3) is 6.08 Å². The molecule has 0 aliphatic carbocycles. The molecule has 27 heavy (non-hydrogen) atoms. The van der Waals surface area contributed by atoms with E-state index in [1.807, 2.05) is 0 Å². The van der Waals surface area contributed by atoms with Crippen molar-refractivity contribution in [1.82, 2.24) is 5.32 Å². The fourth-order valence-electron chi connectivity index (χ4n) is 1.91. The van der Waals surface area contributed by atoms with Gasteiger partial charge in [-0.2, -0.15) is 13.2 Å². The second-order valence-electron chi connectivity index (χ2n) is 5.54. The summed E-state index contributed by atoms with van der Waals surface area (Å²) in [5.41, 5.74) is 5.61. The maximum Gasteiger partial charge on any atom is 0.411 e. The number of carbonyl (C=O) groups excluding carboxylic acids is 2. The van der Waals surface area contributed by atoms with E-state index in [4.69, 9.17) is 15.2 Å². The average Bonchev–Trinajstić information content (AvgIpc) is 2.57. The second-order valence-corrected chi connectivity index (χ2v) is 5.54. The molecule has 0 fully saturated rings. The van der Waals surface area contributed by atoms with Gasteiger partial charge in [-0.1, -0.05) is 6.07 Å². The van der Waals surface area contributed by atoms with Gasteiger partial charge >= 0.3 is 6.18 Å². The number of primary amides is 1. The SMILES string of the molecule is COc1cc(/C=C/C(=O)NC(C)COCC(F)(F)F)ccc1OCC(N)=O. The van der Waals surface area contributed by atoms with Crippen molar-refractivity contribution in [2.45, 2.75) is 19.1 Å². The Hall–Kier alpha value is -2.75. The average molecular weight is 390 g/mol. The third-order valence-corrected chi connectivity index (χ3v) is 3.01. The zero-order valence-electron chi connectivity index (χ0n) is 14.8. The van der Waals surface area contributed by atoms with Gasteiger partial charge < -0.3 is 25.3 Å². The van der Waals surface area contributed by atoms with Crippen molar-refractivity contribution in [3.63, 3.8) is 0 Å². The topological polar surface area (TPSA) is 99.9 Å². The van der Waals surface area contributed by atoms with Gasteiger partial charge in [0.05, 0.1) is 13.7 Å². The first kappa shape index (κ1) is 22.3. The fraction of sp³-hybridized carbons (Fsp3) is 0.412. The third kappa shape index (κ3) is 9.50. The maximum atomic E-state index is 12.0. The van der Waals surface area contributed by atoms with Crippen LogP contribution in [0.3, 0.4) is 0 Å². The smallest absolute Gasteiger partial charge is 0.411 e. The Morgan fingerprint density at radius 1 is 1.30 bits per heavy atom. The summed E-state index contributed by atoms with van der Waals surface area (Å²) >= 11 is 0. The minimum atomic E-state index is -4.41. The van der Waals surface area contributed by atoms with Gasteiger partial charge in [-0.3, -0.25) is 9.59 Å². The van der Waals surface area contributed by atoms with Gasteiger partial charge in [0, 0.05) is 12.1 Å². The molecule has 1 atom stereocenters. The van der Waals surface area contributed by atoms with Crippen molar-refractivity contribution in [3.05, 3.63) is 29.8 Å². The molecule has 1 aromatic rings. The van der Waals surface area contributed by atoms with Crippen LogP contribution in [0.15, 0.2) is 24.3 Å². The monoisotopic (exact) mass is 390 g/mol. The number of nitrogens with one attached hydrogen (secondary N) is 1. The van der Waals surface area contributed by atoms with Gasteiger partial charge in [-0.15, -0.1) is 0 Å². The Morgan fingerprint density at radius 2 is 2.00 bits per heavy atom. The summed E-state index contributed by atoms with van der Waals surface area (Å²) in [5.74, 6) is -0.474. The summed E-state index contributed by atoms with van der Waals surface area (Å²) in [5, 5.41) is 2.48. The molecule has 0 saturated carbocycles. The first-order valence-corrected chi connectivity index (χ1v) is 7.83. The van der Waals surface area contributed by atoms with Crippen LogP contribution in [0.2, 0.25) is 0 Å². The molecule has 0 aliphatic rings. The molecule has 0 aromatic heterocycles. The highest BCUT2D eigenvalue weighted by Crippen LogP contribution is 2.28. The standard InChI is InChI=1S/C17H21F3N2O5/c1-11(8-26-10-17(18,19)20)22-16(24)6-4-12-3-5-13(14(7-12)25-2)27-9-15(21)23/h3-7,11H,8-10H2,1-2H3,(H2,21,23)(H,22,24)/b6-4+. The van der Waals surface area contributed by atoms with Gasteiger partial charge in [0.25, 0.3) is 5.91 Å². The summed E-state index contributed by atoms with van der Waals surface area (Å²) in [7, 11) is 1.41. The fourth-order valence-corrected chi connectivity index (χ4v) is 1.91. The number of methoxy groups -OCH3 is 1. The minimum Gasteiger partial charge on any atom is -0.493 e. The summed E-state index contributed by atoms with van der Waals surface area (Å²) < 4.78 is 50.8. The van der Waals surface area contributed by atoms with E-state index in [-0.39, 0.29) is 13.2 Å². The Bertz CT molecular complexity index is 677. The van der Waals surface area contributed by atoms with Crippen molar-refractivity contribution in [3.8, 4) is 11.5 Å². The second kappa shape index (κ2) is 10.4. The summed E-state index contributed by atoms with van der Waals surface area (Å²) in [4.78, 5) is 22.6. The summed E-state index contributed by atoms with van der Waals surface area (Å²) in [6.45, 7) is -0.413. The molecule has 7 nitrogen and oxygen atoms in total. The van der Waals surface area contributed by atoms with Crippen molar-refractivity contribution in [2.75, 3.05) is 26.9 Å². The zero-order valence-corrected chi connectivity index (χ0v) is 14.8. The number of amides is 2. The van der Waals surface area contributed by atoms with Crippen molar-refractivity contribution in [1.29, 1.82) is 0 Å². The molecule has 3 N–H and O–H groups in total. The van der Waals surface area contributed by atoms with E-state index in [1.165, 1.54) is 26.2 Å². The molecule has 0 spiro atoms. The van der Waals surface area contributed by atoms with Gasteiger partial charge in [-0.25, -0.2) is 0 Å². The van der Waals surface area contributed by atoms with Gasteiger partial charge in [0.1, 0.15) is 6.61 Å². The van der Waals surface area contributed by atoms with Gasteiger partial charge in [-0.05, 0) is 30.7 Å². The van der Waals surface area contributed by atoms with Crippen LogP contribution < -0.4 is 20.5 Å². The summed E-state index contributed by atoms with van der Waals surface area (Å²) in [6, 6.07) is 4.16. The van der Waals surface area contributed by atoms with Gasteiger partial charge in [0.15, 0.2) is 18.1 Å². The van der Waals surface area contributed by atoms with Crippen LogP contribution >= 0.6 is 0 Å². The number of ether oxygens (including phenoxy) is 3. The molecule has 1 unspecified atom stereocenters. The number of hydrogen-bond donors (Lipinski definition) is 2. The number of hydrogen-bond acceptors (Lipinski definition) is 5. The largest absolute Gasteiger partial charge is 0.493 e. The lowest BCUT2D eigenvalue weighted by Crippen LogP contribution is -2.35. The molecule has 0 heterocycles. The van der Waals surface area contributed by atoms with E-state index in [2.05, 4.69) is 10.1 Å². The molecule has 2 amide bonds. The molecule has 0 bridgehead atoms.